The molecule has 0 N–H and O–H groups in total. The summed E-state index contributed by atoms with van der Waals surface area (Å²) in [5.41, 5.74) is 0. The van der Waals surface area contributed by atoms with E-state index in [2.05, 4.69) is 0 Å². The van der Waals surface area contributed by atoms with Gasteiger partial charge in [-0.3, -0.25) is 0 Å². The van der Waals surface area contributed by atoms with E-state index in [1.807, 2.05) is 0 Å². The van der Waals surface area contributed by atoms with Gasteiger partial charge in [0.1, 0.15) is 0 Å². The molecule has 0 bridgehead atoms. The van der Waals surface area contributed by atoms with Crippen molar-refractivity contribution in [1.82, 2.24) is 0 Å². The van der Waals surface area contributed by atoms with Gasteiger partial charge in [-0.2, -0.15) is 0 Å². The van der Waals surface area contributed by atoms with Gasteiger partial charge in [-0.05, 0) is 0 Å². The van der Waals surface area contributed by atoms with Crippen molar-refractivity contribution in [1.29, 1.82) is 0 Å². The van der Waals surface area contributed by atoms with Crippen LogP contribution in [0.1, 0.15) is 0 Å². The molecule has 0 amide bonds. The van der Waals surface area contributed by atoms with Crippen molar-refractivity contribution >= 4 is 11.0 Å². The second-order valence-electron chi connectivity index (χ2n) is 0. The average Bonchev–Trinajstić information content (AvgIpc) is 0. The summed E-state index contributed by atoms with van der Waals surface area (Å²) in [6.45, 7) is 0. The Kier molecular flexibility index (Phi) is 338000. The molecule has 0 nitrogen and oxygen atoms in total. The fraction of sp³-hybridized carbons (Fsp3) is 0. The van der Waals surface area contributed by atoms with Crippen molar-refractivity contribution in [2.45, 2.75) is 0 Å². The number of hydrogen-bond donors (Lipinski definition) is 0. The zero-order chi connectivity index (χ0) is 0. The van der Waals surface area contributed by atoms with Gasteiger partial charge >= 0.3 is 21.1 Å². The molecule has 0 unspecified atom stereocenters. The molecule has 0 aromatic rings. The van der Waals surface area contributed by atoms with Gasteiger partial charge in [-0.25, -0.2) is 0 Å². The summed E-state index contributed by atoms with van der Waals surface area (Å²) in [6, 6.07) is 0. The van der Waals surface area contributed by atoms with Crippen molar-refractivity contribution in [2.75, 3.05) is 0 Å². The van der Waals surface area contributed by atoms with Gasteiger partial charge in [0.15, 0.2) is 0 Å². The molecule has 4 radical (unpaired) electrons. The van der Waals surface area contributed by atoms with E-state index in [-0.39, 0.29) is 60.3 Å². The predicted molar refractivity (Wildman–Crippen MR) is 5.75 cm³/mol. The topological polar surface area (TPSA) is 0 Å². The maximum atomic E-state index is 0. The Bertz CT molecular complexity index is 8.49. The van der Waals surface area contributed by atoms with E-state index < -0.39 is 0 Å². The first-order chi connectivity index (χ1) is 0. The van der Waals surface area contributed by atoms with Gasteiger partial charge in [-0.1, -0.05) is 0 Å². The van der Waals surface area contributed by atoms with E-state index in [0.717, 1.165) is 0 Å². The first-order valence-electron chi connectivity index (χ1n) is 0. The Balaban J connectivity index is 0. The minimum absolute atomic E-state index is 0. The minimum Gasteiger partial charge on any atom is -1.00 e. The van der Waals surface area contributed by atoms with E-state index in [0.29, 0.717) is 0 Å². The van der Waals surface area contributed by atoms with Gasteiger partial charge in [0.05, 0.1) is 0 Å². The monoisotopic (exact) mass is 326 g/mol. The van der Waals surface area contributed by atoms with Gasteiger partial charge < -0.3 is 28.2 Å². The summed E-state index contributed by atoms with van der Waals surface area (Å²) in [4.78, 5) is 0. The van der Waals surface area contributed by atoms with Crippen LogP contribution in [0.2, 0.25) is 0 Å². The third-order valence-corrected chi connectivity index (χ3v) is 0. The van der Waals surface area contributed by atoms with Gasteiger partial charge in [0.25, 0.3) is 0 Å². The van der Waals surface area contributed by atoms with Crippen LogP contribution < -0.4 is 28.2 Å². The third kappa shape index (κ3) is 829. The number of halogens is 6. The molecule has 8 heavy (non-hydrogen) atoms. The summed E-state index contributed by atoms with van der Waals surface area (Å²) >= 11 is 0. The molecule has 0 aliphatic rings. The quantitative estimate of drug-likeness (QED) is 0.306. The molecule has 8 heteroatoms. The van der Waals surface area contributed by atoms with Gasteiger partial charge in [0.2, 0.25) is 0 Å². The molecular formula is F6SiW. The van der Waals surface area contributed by atoms with Crippen molar-refractivity contribution < 1.29 is 49.3 Å². The van der Waals surface area contributed by atoms with Crippen molar-refractivity contribution in [3.8, 4) is 0 Å². The molecule has 0 fully saturated rings. The first kappa shape index (κ1) is 2020. The average molecular weight is 326 g/mol. The van der Waals surface area contributed by atoms with Crippen molar-refractivity contribution in [2.24, 2.45) is 0 Å². The predicted octanol–water partition coefficient (Wildman–Crippen LogP) is -18.4. The number of rotatable bonds is 0. The Labute approximate surface area is 60.9 Å². The van der Waals surface area contributed by atoms with Gasteiger partial charge in [-0.15, -0.1) is 0 Å². The van der Waals surface area contributed by atoms with E-state index in [4.69, 9.17) is 0 Å². The molecule has 0 aromatic heterocycles. The molecule has 0 aliphatic heterocycles. The summed E-state index contributed by atoms with van der Waals surface area (Å²) in [5.74, 6) is 0. The Hall–Kier alpha value is 0.485. The molecule has 0 aromatic carbocycles. The fourth-order valence-corrected chi connectivity index (χ4v) is 0. The second-order valence-corrected chi connectivity index (χ2v) is 0. The molecule has 0 atom stereocenters. The molecular weight excluding hydrogens is 326 g/mol. The van der Waals surface area contributed by atoms with Crippen LogP contribution in [0.5, 0.6) is 0 Å². The maximum absolute atomic E-state index is 0. The Morgan fingerprint density at radius 3 is 0.375 bits per heavy atom. The van der Waals surface area contributed by atoms with Crippen LogP contribution in [0.15, 0.2) is 0 Å². The zero-order valence-electron chi connectivity index (χ0n) is 3.18. The van der Waals surface area contributed by atoms with Crippen LogP contribution >= 0.6 is 0 Å². The maximum Gasteiger partial charge on any atom is 6.00 e. The first-order valence-corrected chi connectivity index (χ1v) is 0. The molecule has 0 rings (SSSR count). The van der Waals surface area contributed by atoms with Gasteiger partial charge in [0, 0.05) is 11.0 Å². The van der Waals surface area contributed by atoms with E-state index >= 15 is 0 Å². The van der Waals surface area contributed by atoms with Crippen LogP contribution in [0.4, 0.5) is 0 Å². The van der Waals surface area contributed by atoms with Crippen molar-refractivity contribution in [3.63, 3.8) is 0 Å². The molecule has 0 saturated carbocycles. The number of hydrogen-bond acceptors (Lipinski definition) is 0. The third-order valence-electron chi connectivity index (χ3n) is 0. The standard InChI is InChI=1S/6FH.Si.W/h6*1H;;/q;;;;;;;+6/p-6. The molecule has 0 aliphatic carbocycles. The summed E-state index contributed by atoms with van der Waals surface area (Å²) in [6.07, 6.45) is 0. The normalized spacial score (nSPS) is 0. The fourth-order valence-electron chi connectivity index (χ4n) is 0. The van der Waals surface area contributed by atoms with E-state index in [1.54, 1.807) is 0 Å². The summed E-state index contributed by atoms with van der Waals surface area (Å²) < 4.78 is 0. The van der Waals surface area contributed by atoms with Crippen LogP contribution in [-0.2, 0) is 21.1 Å². The summed E-state index contributed by atoms with van der Waals surface area (Å²) in [7, 11) is 0. The Morgan fingerprint density at radius 1 is 0.375 bits per heavy atom. The molecule has 0 heterocycles. The Morgan fingerprint density at radius 2 is 0.375 bits per heavy atom. The SMILES string of the molecule is [F-].[F-].[F-].[F-].[F-].[F-].[Si].[W+6]. The van der Waals surface area contributed by atoms with Crippen molar-refractivity contribution in [3.05, 3.63) is 0 Å². The van der Waals surface area contributed by atoms with Crippen LogP contribution in [0, 0.1) is 0 Å². The zero-order valence-corrected chi connectivity index (χ0v) is 7.11. The molecule has 0 saturated heterocycles. The summed E-state index contributed by atoms with van der Waals surface area (Å²) in [5, 5.41) is 0. The minimum atomic E-state index is 0. The molecule has 52 valence electrons. The van der Waals surface area contributed by atoms with Crippen LogP contribution in [0.3, 0.4) is 0 Å². The second kappa shape index (κ2) is 1340. The van der Waals surface area contributed by atoms with Crippen LogP contribution in [0.25, 0.3) is 0 Å². The largest absolute Gasteiger partial charge is 6.00 e. The van der Waals surface area contributed by atoms with Crippen LogP contribution in [-0.4, -0.2) is 11.0 Å². The smallest absolute Gasteiger partial charge is 1.00 e. The molecule has 0 spiro atoms. The van der Waals surface area contributed by atoms with E-state index in [1.165, 1.54) is 0 Å². The van der Waals surface area contributed by atoms with E-state index in [9.17, 15) is 0 Å².